The van der Waals surface area contributed by atoms with Crippen LogP contribution >= 0.6 is 15.9 Å². The van der Waals surface area contributed by atoms with Crippen molar-refractivity contribution in [3.63, 3.8) is 0 Å². The van der Waals surface area contributed by atoms with Crippen LogP contribution in [0.25, 0.3) is 0 Å². The molecule has 0 aliphatic carbocycles. The number of nitrogens with zero attached hydrogens (tertiary/aromatic N) is 1. The molecule has 1 heterocycles. The second kappa shape index (κ2) is 5.81. The highest BCUT2D eigenvalue weighted by atomic mass is 79.9. The number of alkyl halides is 5. The molecule has 19 heavy (non-hydrogen) atoms. The number of pyridine rings is 1. The van der Waals surface area contributed by atoms with Gasteiger partial charge in [-0.1, -0.05) is 0 Å². The van der Waals surface area contributed by atoms with Crippen molar-refractivity contribution in [3.05, 3.63) is 27.5 Å². The number of esters is 1. The summed E-state index contributed by atoms with van der Waals surface area (Å²) in [4.78, 5) is 14.1. The molecule has 0 N–H and O–H groups in total. The Kier molecular flexibility index (Phi) is 4.83. The van der Waals surface area contributed by atoms with Gasteiger partial charge in [-0.25, -0.2) is 13.8 Å². The second-order valence-corrected chi connectivity index (χ2v) is 4.18. The van der Waals surface area contributed by atoms with E-state index in [0.29, 0.717) is 6.07 Å². The van der Waals surface area contributed by atoms with Crippen molar-refractivity contribution in [2.75, 3.05) is 7.11 Å². The lowest BCUT2D eigenvalue weighted by Crippen LogP contribution is -2.15. The van der Waals surface area contributed by atoms with Crippen molar-refractivity contribution in [1.82, 2.24) is 4.98 Å². The Balaban J connectivity index is 3.33. The van der Waals surface area contributed by atoms with E-state index in [4.69, 9.17) is 0 Å². The SMILES string of the molecule is COC(=O)Cc1cc(C(F)F)c(C(F)(F)F)nc1Br. The number of hydrogen-bond acceptors (Lipinski definition) is 3. The zero-order valence-corrected chi connectivity index (χ0v) is 11.0. The molecular formula is C10H7BrF5NO2. The lowest BCUT2D eigenvalue weighted by atomic mass is 10.1. The molecule has 1 rings (SSSR count). The molecule has 0 spiro atoms. The summed E-state index contributed by atoms with van der Waals surface area (Å²) in [6, 6.07) is 0.599. The normalized spacial score (nSPS) is 11.8. The highest BCUT2D eigenvalue weighted by Gasteiger charge is 2.38. The number of hydrogen-bond donors (Lipinski definition) is 0. The zero-order valence-electron chi connectivity index (χ0n) is 9.39. The van der Waals surface area contributed by atoms with E-state index in [1.807, 2.05) is 0 Å². The van der Waals surface area contributed by atoms with E-state index in [-0.39, 0.29) is 10.2 Å². The predicted octanol–water partition coefficient (Wildman–Crippen LogP) is 3.52. The molecule has 0 fully saturated rings. The van der Waals surface area contributed by atoms with Gasteiger partial charge in [-0.3, -0.25) is 4.79 Å². The van der Waals surface area contributed by atoms with Gasteiger partial charge in [-0.15, -0.1) is 0 Å². The Morgan fingerprint density at radius 1 is 1.47 bits per heavy atom. The molecule has 1 aromatic rings. The summed E-state index contributed by atoms with van der Waals surface area (Å²) in [5.41, 5.74) is -3.05. The fourth-order valence-corrected chi connectivity index (χ4v) is 1.73. The third kappa shape index (κ3) is 3.85. The topological polar surface area (TPSA) is 39.2 Å². The van der Waals surface area contributed by atoms with Crippen LogP contribution in [0.2, 0.25) is 0 Å². The van der Waals surface area contributed by atoms with Crippen molar-refractivity contribution in [1.29, 1.82) is 0 Å². The van der Waals surface area contributed by atoms with Gasteiger partial charge in [0, 0.05) is 5.56 Å². The standard InChI is InChI=1S/C10H7BrF5NO2/c1-19-6(18)3-4-2-5(9(12)13)7(10(14,15)16)17-8(4)11/h2,9H,3H2,1H3. The molecule has 0 atom stereocenters. The molecule has 0 amide bonds. The molecule has 0 aromatic carbocycles. The number of rotatable bonds is 3. The van der Waals surface area contributed by atoms with Crippen LogP contribution in [-0.2, 0) is 22.1 Å². The number of carbonyl (C=O) groups excluding carboxylic acids is 1. The van der Waals surface area contributed by atoms with Crippen LogP contribution in [0.4, 0.5) is 22.0 Å². The molecule has 0 saturated heterocycles. The van der Waals surface area contributed by atoms with Crippen LogP contribution < -0.4 is 0 Å². The predicted molar refractivity (Wildman–Crippen MR) is 57.6 cm³/mol. The third-order valence-electron chi connectivity index (χ3n) is 2.14. The summed E-state index contributed by atoms with van der Waals surface area (Å²) >= 11 is 2.72. The first-order chi connectivity index (χ1) is 8.66. The maximum atomic E-state index is 12.6. The molecule has 1 aromatic heterocycles. The Morgan fingerprint density at radius 2 is 2.05 bits per heavy atom. The average Bonchev–Trinajstić information content (AvgIpc) is 2.29. The Morgan fingerprint density at radius 3 is 2.47 bits per heavy atom. The Labute approximate surface area is 112 Å². The van der Waals surface area contributed by atoms with E-state index in [0.717, 1.165) is 7.11 Å². The van der Waals surface area contributed by atoms with Crippen molar-refractivity contribution in [2.45, 2.75) is 19.0 Å². The van der Waals surface area contributed by atoms with E-state index < -0.39 is 36.2 Å². The second-order valence-electron chi connectivity index (χ2n) is 3.43. The van der Waals surface area contributed by atoms with E-state index in [9.17, 15) is 26.7 Å². The molecule has 0 bridgehead atoms. The molecule has 0 aliphatic heterocycles. The fourth-order valence-electron chi connectivity index (χ4n) is 1.30. The smallest absolute Gasteiger partial charge is 0.433 e. The lowest BCUT2D eigenvalue weighted by molar-refractivity contribution is -0.143. The van der Waals surface area contributed by atoms with Crippen LogP contribution in [0.1, 0.15) is 23.2 Å². The molecule has 0 saturated carbocycles. The van der Waals surface area contributed by atoms with Gasteiger partial charge in [-0.2, -0.15) is 13.2 Å². The highest BCUT2D eigenvalue weighted by molar-refractivity contribution is 9.10. The van der Waals surface area contributed by atoms with Crippen molar-refractivity contribution in [3.8, 4) is 0 Å². The van der Waals surface area contributed by atoms with Gasteiger partial charge < -0.3 is 4.74 Å². The van der Waals surface area contributed by atoms with Crippen LogP contribution in [0.5, 0.6) is 0 Å². The van der Waals surface area contributed by atoms with Crippen LogP contribution in [0.3, 0.4) is 0 Å². The summed E-state index contributed by atoms with van der Waals surface area (Å²) in [5, 5.41) is 0. The number of methoxy groups -OCH3 is 1. The molecule has 3 nitrogen and oxygen atoms in total. The van der Waals surface area contributed by atoms with Gasteiger partial charge >= 0.3 is 12.1 Å². The Hall–Kier alpha value is -1.25. The number of aromatic nitrogens is 1. The molecular weight excluding hydrogens is 341 g/mol. The van der Waals surface area contributed by atoms with Gasteiger partial charge in [0.15, 0.2) is 5.69 Å². The summed E-state index contributed by atoms with van der Waals surface area (Å²) in [7, 11) is 1.07. The van der Waals surface area contributed by atoms with E-state index in [1.165, 1.54) is 0 Å². The van der Waals surface area contributed by atoms with Crippen LogP contribution in [0, 0.1) is 0 Å². The number of halogens is 6. The lowest BCUT2D eigenvalue weighted by Gasteiger charge is -2.14. The summed E-state index contributed by atoms with van der Waals surface area (Å²) in [6.45, 7) is 0. The maximum absolute atomic E-state index is 12.6. The Bertz CT molecular complexity index is 490. The van der Waals surface area contributed by atoms with Crippen LogP contribution in [0.15, 0.2) is 10.7 Å². The average molecular weight is 348 g/mol. The molecule has 106 valence electrons. The van der Waals surface area contributed by atoms with Crippen molar-refractivity contribution >= 4 is 21.9 Å². The zero-order chi connectivity index (χ0) is 14.8. The summed E-state index contributed by atoms with van der Waals surface area (Å²) < 4.78 is 66.8. The number of ether oxygens (including phenoxy) is 1. The summed E-state index contributed by atoms with van der Waals surface area (Å²) in [6.07, 6.45) is -8.81. The van der Waals surface area contributed by atoms with Gasteiger partial charge in [-0.05, 0) is 27.6 Å². The molecule has 0 aliphatic rings. The van der Waals surface area contributed by atoms with E-state index >= 15 is 0 Å². The van der Waals surface area contributed by atoms with Gasteiger partial charge in [0.2, 0.25) is 0 Å². The molecule has 0 radical (unpaired) electrons. The maximum Gasteiger partial charge on any atom is 0.433 e. The first-order valence-electron chi connectivity index (χ1n) is 4.78. The third-order valence-corrected chi connectivity index (χ3v) is 2.83. The van der Waals surface area contributed by atoms with E-state index in [1.54, 1.807) is 0 Å². The van der Waals surface area contributed by atoms with Crippen molar-refractivity contribution in [2.24, 2.45) is 0 Å². The molecule has 0 unspecified atom stereocenters. The highest BCUT2D eigenvalue weighted by Crippen LogP contribution is 2.37. The first kappa shape index (κ1) is 15.8. The van der Waals surface area contributed by atoms with Gasteiger partial charge in [0.1, 0.15) is 4.60 Å². The monoisotopic (exact) mass is 347 g/mol. The summed E-state index contributed by atoms with van der Waals surface area (Å²) in [5.74, 6) is -0.775. The van der Waals surface area contributed by atoms with Gasteiger partial charge in [0.25, 0.3) is 6.43 Å². The largest absolute Gasteiger partial charge is 0.469 e. The minimum Gasteiger partial charge on any atom is -0.469 e. The quantitative estimate of drug-likeness (QED) is 0.477. The van der Waals surface area contributed by atoms with Gasteiger partial charge in [0.05, 0.1) is 13.5 Å². The fraction of sp³-hybridized carbons (Fsp3) is 0.400. The van der Waals surface area contributed by atoms with Crippen LogP contribution in [-0.4, -0.2) is 18.1 Å². The number of carbonyl (C=O) groups is 1. The van der Waals surface area contributed by atoms with Crippen molar-refractivity contribution < 1.29 is 31.5 Å². The molecule has 9 heteroatoms. The first-order valence-corrected chi connectivity index (χ1v) is 5.57. The van der Waals surface area contributed by atoms with E-state index in [2.05, 4.69) is 25.7 Å². The minimum absolute atomic E-state index is 0.102. The minimum atomic E-state index is -5.00.